The van der Waals surface area contributed by atoms with Crippen LogP contribution >= 0.6 is 11.6 Å². The molecule has 2 aromatic carbocycles. The molecule has 2 aromatic rings. The minimum atomic E-state index is -2.75. The van der Waals surface area contributed by atoms with Gasteiger partial charge >= 0.3 is 29.7 Å². The molecule has 0 aromatic heterocycles. The number of halogens is 1. The Morgan fingerprint density at radius 3 is 1.91 bits per heavy atom. The topological polar surface area (TPSA) is 156 Å². The number of rotatable bonds is 14. The molecule has 47 heavy (non-hydrogen) atoms. The van der Waals surface area contributed by atoms with Crippen molar-refractivity contribution in [2.45, 2.75) is 85.7 Å². The van der Waals surface area contributed by atoms with E-state index in [4.69, 9.17) is 40.0 Å². The highest BCUT2D eigenvalue weighted by Crippen LogP contribution is 2.41. The van der Waals surface area contributed by atoms with Crippen molar-refractivity contribution in [3.8, 4) is 11.5 Å². The Bertz CT molecular complexity index is 1380. The Kier molecular flexibility index (Phi) is 12.6. The van der Waals surface area contributed by atoms with Crippen LogP contribution < -0.4 is 14.8 Å². The number of carbonyl (C=O) groups excluding carboxylic acids is 4. The fourth-order valence-corrected chi connectivity index (χ4v) is 4.65. The first kappa shape index (κ1) is 37.6. The second-order valence-electron chi connectivity index (χ2n) is 13.8. The van der Waals surface area contributed by atoms with Gasteiger partial charge in [-0.05, 0) is 59.6 Å². The van der Waals surface area contributed by atoms with Crippen molar-refractivity contribution in [3.05, 3.63) is 58.6 Å². The Morgan fingerprint density at radius 2 is 1.38 bits per heavy atom. The van der Waals surface area contributed by atoms with Gasteiger partial charge in [0.15, 0.2) is 11.5 Å². The predicted molar refractivity (Wildman–Crippen MR) is 170 cm³/mol. The molecule has 0 saturated heterocycles. The van der Waals surface area contributed by atoms with E-state index in [2.05, 4.69) is 5.32 Å². The number of hydrogen-bond acceptors (Lipinski definition) is 12. The maximum atomic E-state index is 13.3. The number of carbonyl (C=O) groups is 4. The summed E-state index contributed by atoms with van der Waals surface area (Å²) in [6.45, 7) is 11.6. The van der Waals surface area contributed by atoms with E-state index in [1.165, 1.54) is 6.07 Å². The van der Waals surface area contributed by atoms with Gasteiger partial charge in [0.05, 0.1) is 18.9 Å². The van der Waals surface area contributed by atoms with E-state index in [-0.39, 0.29) is 47.8 Å². The number of nitrogens with one attached hydrogen (secondary N) is 1. The van der Waals surface area contributed by atoms with E-state index in [1.54, 1.807) is 36.4 Å². The molecule has 12 nitrogen and oxygen atoms in total. The third-order valence-electron chi connectivity index (χ3n) is 6.66. The number of aliphatic hydroxyl groups excluding tert-OH is 1. The van der Waals surface area contributed by atoms with Crippen LogP contribution in [0.3, 0.4) is 0 Å². The Labute approximate surface area is 279 Å². The van der Waals surface area contributed by atoms with E-state index in [1.807, 2.05) is 48.5 Å². The zero-order valence-corrected chi connectivity index (χ0v) is 28.6. The molecule has 0 aliphatic carbocycles. The zero-order chi connectivity index (χ0) is 35.0. The molecule has 0 amide bonds. The lowest BCUT2D eigenvalue weighted by Crippen LogP contribution is -2.56. The van der Waals surface area contributed by atoms with Crippen LogP contribution in [0.5, 0.6) is 11.5 Å². The van der Waals surface area contributed by atoms with Crippen LogP contribution in [0.4, 0.5) is 0 Å². The van der Waals surface area contributed by atoms with E-state index in [0.717, 1.165) is 5.56 Å². The SMILES string of the molecule is CC(Cc1ccc2c(c1)OC(C(=O)OCOC(=O)CC(C)(C)C)(C(=O)OCOC(=O)CC(C)(C)C)O2)NCC(O)c1cccc(Cl)c1. The number of hydrogen-bond donors (Lipinski definition) is 2. The van der Waals surface area contributed by atoms with Gasteiger partial charge in [0.2, 0.25) is 13.6 Å². The van der Waals surface area contributed by atoms with E-state index >= 15 is 0 Å². The summed E-state index contributed by atoms with van der Waals surface area (Å²) in [6.07, 6.45) is -0.169. The maximum Gasteiger partial charge on any atom is 0.453 e. The molecule has 258 valence electrons. The standard InChI is InChI=1S/C34H44ClNO11/c1-21(36-18-25(37)23-9-8-10-24(35)15-23)13-22-11-12-26-27(14-22)47-34(46-26,30(40)44-19-42-28(38)16-32(2,3)4)31(41)45-20-43-29(39)17-33(5,6)7/h8-12,14-15,21,25,36-37H,13,16-20H2,1-7H3. The quantitative estimate of drug-likeness (QED) is 0.157. The van der Waals surface area contributed by atoms with Gasteiger partial charge in [-0.15, -0.1) is 0 Å². The second-order valence-corrected chi connectivity index (χ2v) is 14.2. The third kappa shape index (κ3) is 11.7. The first-order valence-corrected chi connectivity index (χ1v) is 15.6. The van der Waals surface area contributed by atoms with Gasteiger partial charge in [-0.2, -0.15) is 0 Å². The lowest BCUT2D eigenvalue weighted by Gasteiger charge is -2.23. The first-order chi connectivity index (χ1) is 21.9. The molecule has 3 rings (SSSR count). The van der Waals surface area contributed by atoms with Gasteiger partial charge in [0.25, 0.3) is 0 Å². The summed E-state index contributed by atoms with van der Waals surface area (Å²) in [5.74, 6) is -6.55. The Hall–Kier alpha value is -3.87. The first-order valence-electron chi connectivity index (χ1n) is 15.2. The summed E-state index contributed by atoms with van der Waals surface area (Å²) in [4.78, 5) is 50.8. The number of fused-ring (bicyclic) bond motifs is 1. The van der Waals surface area contributed by atoms with Crippen molar-refractivity contribution >= 4 is 35.5 Å². The molecule has 0 bridgehead atoms. The zero-order valence-electron chi connectivity index (χ0n) is 27.8. The monoisotopic (exact) mass is 677 g/mol. The van der Waals surface area contributed by atoms with Gasteiger partial charge in [0.1, 0.15) is 0 Å². The summed E-state index contributed by atoms with van der Waals surface area (Å²) in [5, 5.41) is 14.3. The molecule has 1 aliphatic heterocycles. The van der Waals surface area contributed by atoms with Crippen molar-refractivity contribution in [2.24, 2.45) is 10.8 Å². The smallest absolute Gasteiger partial charge is 0.431 e. The van der Waals surface area contributed by atoms with E-state index < -0.39 is 49.4 Å². The molecule has 0 fully saturated rings. The summed E-state index contributed by atoms with van der Waals surface area (Å²) < 4.78 is 31.6. The third-order valence-corrected chi connectivity index (χ3v) is 6.89. The number of ether oxygens (including phenoxy) is 6. The molecular formula is C34H44ClNO11. The van der Waals surface area contributed by atoms with Crippen LogP contribution in [0, 0.1) is 10.8 Å². The van der Waals surface area contributed by atoms with Crippen LogP contribution in [-0.4, -0.2) is 60.9 Å². The van der Waals surface area contributed by atoms with Gasteiger partial charge in [-0.1, -0.05) is 71.3 Å². The minimum absolute atomic E-state index is 0.0501. The normalized spacial score (nSPS) is 14.9. The molecule has 2 atom stereocenters. The highest BCUT2D eigenvalue weighted by molar-refractivity contribution is 6.30. The highest BCUT2D eigenvalue weighted by Gasteiger charge is 2.60. The molecule has 2 N–H and O–H groups in total. The molecule has 0 saturated carbocycles. The van der Waals surface area contributed by atoms with Gasteiger partial charge in [-0.3, -0.25) is 9.59 Å². The lowest BCUT2D eigenvalue weighted by molar-refractivity contribution is -0.214. The van der Waals surface area contributed by atoms with Crippen molar-refractivity contribution < 1.29 is 52.7 Å². The average Bonchev–Trinajstić information content (AvgIpc) is 3.34. The van der Waals surface area contributed by atoms with Crippen LogP contribution in [-0.2, 0) is 44.5 Å². The molecule has 2 unspecified atom stereocenters. The Morgan fingerprint density at radius 1 is 0.830 bits per heavy atom. The number of benzene rings is 2. The summed E-state index contributed by atoms with van der Waals surface area (Å²) in [5.41, 5.74) is 0.713. The predicted octanol–water partition coefficient (Wildman–Crippen LogP) is 5.02. The van der Waals surface area contributed by atoms with Crippen LogP contribution in [0.1, 0.15) is 78.5 Å². The van der Waals surface area contributed by atoms with Crippen LogP contribution in [0.15, 0.2) is 42.5 Å². The van der Waals surface area contributed by atoms with Gasteiger partial charge in [-0.25, -0.2) is 9.59 Å². The fraction of sp³-hybridized carbons (Fsp3) is 0.529. The second kappa shape index (κ2) is 15.8. The van der Waals surface area contributed by atoms with E-state index in [9.17, 15) is 24.3 Å². The fourth-order valence-electron chi connectivity index (χ4n) is 4.45. The largest absolute Gasteiger partial charge is 0.453 e. The lowest BCUT2D eigenvalue weighted by atomic mass is 9.92. The van der Waals surface area contributed by atoms with Crippen molar-refractivity contribution in [3.63, 3.8) is 0 Å². The molecule has 0 spiro atoms. The summed E-state index contributed by atoms with van der Waals surface area (Å²) in [7, 11) is 0. The molecule has 13 heteroatoms. The molecular weight excluding hydrogens is 634 g/mol. The van der Waals surface area contributed by atoms with Gasteiger partial charge < -0.3 is 38.8 Å². The van der Waals surface area contributed by atoms with Crippen molar-refractivity contribution in [1.29, 1.82) is 0 Å². The summed E-state index contributed by atoms with van der Waals surface area (Å²) >= 11 is 6.03. The van der Waals surface area contributed by atoms with E-state index in [0.29, 0.717) is 17.0 Å². The van der Waals surface area contributed by atoms with Crippen LogP contribution in [0.2, 0.25) is 5.02 Å². The average molecular weight is 678 g/mol. The molecule has 1 heterocycles. The minimum Gasteiger partial charge on any atom is -0.431 e. The highest BCUT2D eigenvalue weighted by atomic mass is 35.5. The van der Waals surface area contributed by atoms with Crippen molar-refractivity contribution in [1.82, 2.24) is 5.32 Å². The number of esters is 4. The number of aliphatic hydroxyl groups is 1. The summed E-state index contributed by atoms with van der Waals surface area (Å²) in [6, 6.07) is 11.7. The van der Waals surface area contributed by atoms with Gasteiger partial charge in [0, 0.05) is 17.6 Å². The van der Waals surface area contributed by atoms with Crippen molar-refractivity contribution in [2.75, 3.05) is 20.1 Å². The Balaban J connectivity index is 1.68. The molecule has 1 aliphatic rings. The maximum absolute atomic E-state index is 13.3. The molecule has 0 radical (unpaired) electrons. The van der Waals surface area contributed by atoms with Crippen LogP contribution in [0.25, 0.3) is 0 Å².